The van der Waals surface area contributed by atoms with Crippen LogP contribution in [0.15, 0.2) is 4.99 Å². The van der Waals surface area contributed by atoms with Crippen molar-refractivity contribution in [1.82, 2.24) is 5.06 Å². The van der Waals surface area contributed by atoms with Gasteiger partial charge in [0.05, 0.1) is 7.11 Å². The molecule has 0 radical (unpaired) electrons. The van der Waals surface area contributed by atoms with Crippen LogP contribution in [0.3, 0.4) is 0 Å². The molecule has 0 aromatic heterocycles. The Kier molecular flexibility index (Phi) is 4.26. The molecule has 0 aromatic rings. The fourth-order valence-corrected chi connectivity index (χ4v) is 0.244. The van der Waals surface area contributed by atoms with E-state index in [1.54, 1.807) is 25.6 Å². The molecule has 3 nitrogen and oxygen atoms in total. The van der Waals surface area contributed by atoms with E-state index in [2.05, 4.69) is 4.99 Å². The summed E-state index contributed by atoms with van der Waals surface area (Å²) in [4.78, 5) is 8.65. The summed E-state index contributed by atoms with van der Waals surface area (Å²) in [5.41, 5.74) is 0. The Bertz CT molecular complexity index is 72.8. The van der Waals surface area contributed by atoms with Gasteiger partial charge in [0.2, 0.25) is 0 Å². The normalized spacial score (nSPS) is 10.4. The van der Waals surface area contributed by atoms with E-state index in [4.69, 9.17) is 4.84 Å². The van der Waals surface area contributed by atoms with Crippen LogP contribution in [0, 0.1) is 0 Å². The second-order valence-corrected chi connectivity index (χ2v) is 1.34. The summed E-state index contributed by atoms with van der Waals surface area (Å²) in [5, 5.41) is 1.55. The molecule has 0 amide bonds. The molecule has 0 N–H and O–H groups in total. The van der Waals surface area contributed by atoms with E-state index >= 15 is 0 Å². The van der Waals surface area contributed by atoms with Gasteiger partial charge >= 0.3 is 0 Å². The topological polar surface area (TPSA) is 24.8 Å². The van der Waals surface area contributed by atoms with Gasteiger partial charge in [0.1, 0.15) is 6.34 Å². The molecule has 0 saturated carbocycles. The van der Waals surface area contributed by atoms with E-state index in [0.717, 1.165) is 6.54 Å². The number of nitrogens with zero attached hydrogens (tertiary/aromatic N) is 2. The molecule has 0 aliphatic rings. The molecule has 0 aliphatic carbocycles. The largest absolute Gasteiger partial charge is 0.276 e. The molecule has 8 heavy (non-hydrogen) atoms. The van der Waals surface area contributed by atoms with Crippen LogP contribution in [0.5, 0.6) is 0 Å². The molecule has 48 valence electrons. The highest BCUT2D eigenvalue weighted by Gasteiger charge is 1.79. The first kappa shape index (κ1) is 7.43. The van der Waals surface area contributed by atoms with Gasteiger partial charge in [-0.15, -0.1) is 0 Å². The van der Waals surface area contributed by atoms with Gasteiger partial charge < -0.3 is 0 Å². The maximum Gasteiger partial charge on any atom is 0.110 e. The smallest absolute Gasteiger partial charge is 0.110 e. The summed E-state index contributed by atoms with van der Waals surface area (Å²) in [6, 6.07) is 0. The quantitative estimate of drug-likeness (QED) is 0.305. The second kappa shape index (κ2) is 4.59. The zero-order chi connectivity index (χ0) is 6.41. The van der Waals surface area contributed by atoms with Crippen molar-refractivity contribution in [3.8, 4) is 0 Å². The van der Waals surface area contributed by atoms with Crippen molar-refractivity contribution >= 4 is 6.34 Å². The molecule has 0 unspecified atom stereocenters. The highest BCUT2D eigenvalue weighted by atomic mass is 16.7. The van der Waals surface area contributed by atoms with Crippen molar-refractivity contribution in [2.45, 2.75) is 6.92 Å². The number of rotatable bonds is 3. The van der Waals surface area contributed by atoms with Crippen LogP contribution in [0.2, 0.25) is 0 Å². The standard InChI is InChI=1S/C5H12N2O/c1-4-6-5-7(2)8-3/h5H,4H2,1-3H3. The number of hydrogen-bond acceptors (Lipinski definition) is 2. The zero-order valence-electron chi connectivity index (χ0n) is 5.59. The van der Waals surface area contributed by atoms with Gasteiger partial charge in [-0.3, -0.25) is 9.83 Å². The van der Waals surface area contributed by atoms with E-state index < -0.39 is 0 Å². The van der Waals surface area contributed by atoms with E-state index in [1.807, 2.05) is 6.92 Å². The monoisotopic (exact) mass is 116 g/mol. The fraction of sp³-hybridized carbons (Fsp3) is 0.800. The summed E-state index contributed by atoms with van der Waals surface area (Å²) in [6.07, 6.45) is 1.64. The highest BCUT2D eigenvalue weighted by Crippen LogP contribution is 1.73. The van der Waals surface area contributed by atoms with Gasteiger partial charge in [0.25, 0.3) is 0 Å². The summed E-state index contributed by atoms with van der Waals surface area (Å²) in [5.74, 6) is 0. The molecule has 0 rings (SSSR count). The van der Waals surface area contributed by atoms with Gasteiger partial charge in [-0.25, -0.2) is 5.06 Å². The van der Waals surface area contributed by atoms with Crippen molar-refractivity contribution in [3.63, 3.8) is 0 Å². The van der Waals surface area contributed by atoms with Crippen molar-refractivity contribution < 1.29 is 4.84 Å². The number of aliphatic imine (C=N–C) groups is 1. The Balaban J connectivity index is 3.21. The molecule has 0 aromatic carbocycles. The lowest BCUT2D eigenvalue weighted by atomic mass is 10.8. The van der Waals surface area contributed by atoms with Gasteiger partial charge in [-0.2, -0.15) is 0 Å². The molecule has 0 spiro atoms. The first-order valence-corrected chi connectivity index (χ1v) is 2.58. The molecule has 0 saturated heterocycles. The van der Waals surface area contributed by atoms with Crippen LogP contribution in [0.4, 0.5) is 0 Å². The van der Waals surface area contributed by atoms with Crippen LogP contribution >= 0.6 is 0 Å². The lowest BCUT2D eigenvalue weighted by molar-refractivity contribution is -0.0365. The molecular formula is C5H12N2O. The van der Waals surface area contributed by atoms with Gasteiger partial charge in [0, 0.05) is 13.6 Å². The van der Waals surface area contributed by atoms with Gasteiger partial charge in [-0.05, 0) is 6.92 Å². The third kappa shape index (κ3) is 3.61. The van der Waals surface area contributed by atoms with Crippen molar-refractivity contribution in [2.24, 2.45) is 4.99 Å². The summed E-state index contributed by atoms with van der Waals surface area (Å²) in [7, 11) is 3.39. The second-order valence-electron chi connectivity index (χ2n) is 1.34. The SMILES string of the molecule is CCN=CN(C)OC. The first-order chi connectivity index (χ1) is 3.81. The van der Waals surface area contributed by atoms with Crippen molar-refractivity contribution in [3.05, 3.63) is 0 Å². The molecule has 0 bridgehead atoms. The summed E-state index contributed by atoms with van der Waals surface area (Å²) in [6.45, 7) is 2.77. The van der Waals surface area contributed by atoms with E-state index in [-0.39, 0.29) is 0 Å². The lowest BCUT2D eigenvalue weighted by Gasteiger charge is -2.06. The fourth-order valence-electron chi connectivity index (χ4n) is 0.244. The van der Waals surface area contributed by atoms with Gasteiger partial charge in [-0.1, -0.05) is 0 Å². The molecule has 0 fully saturated rings. The van der Waals surface area contributed by atoms with Crippen LogP contribution in [0.1, 0.15) is 6.92 Å². The molecule has 0 aliphatic heterocycles. The predicted molar refractivity (Wildman–Crippen MR) is 33.8 cm³/mol. The van der Waals surface area contributed by atoms with Crippen molar-refractivity contribution in [2.75, 3.05) is 20.7 Å². The third-order valence-electron chi connectivity index (χ3n) is 0.715. The maximum absolute atomic E-state index is 4.74. The van der Waals surface area contributed by atoms with E-state index in [9.17, 15) is 0 Å². The van der Waals surface area contributed by atoms with Crippen LogP contribution < -0.4 is 0 Å². The maximum atomic E-state index is 4.74. The third-order valence-corrected chi connectivity index (χ3v) is 0.715. The highest BCUT2D eigenvalue weighted by molar-refractivity contribution is 5.52. The molecule has 3 heteroatoms. The average Bonchev–Trinajstić information content (AvgIpc) is 1.83. The minimum absolute atomic E-state index is 0.799. The summed E-state index contributed by atoms with van der Waals surface area (Å²) < 4.78 is 0. The predicted octanol–water partition coefficient (Wildman–Crippen LogP) is 0.528. The minimum atomic E-state index is 0.799. The Morgan fingerprint density at radius 2 is 2.38 bits per heavy atom. The Morgan fingerprint density at radius 3 is 2.75 bits per heavy atom. The van der Waals surface area contributed by atoms with E-state index in [1.165, 1.54) is 0 Å². The minimum Gasteiger partial charge on any atom is -0.276 e. The average molecular weight is 116 g/mol. The molecule has 0 heterocycles. The zero-order valence-corrected chi connectivity index (χ0v) is 5.59. The van der Waals surface area contributed by atoms with E-state index in [0.29, 0.717) is 0 Å². The number of hydroxylamine groups is 2. The number of hydrogen-bond donors (Lipinski definition) is 0. The van der Waals surface area contributed by atoms with Gasteiger partial charge in [0.15, 0.2) is 0 Å². The lowest BCUT2D eigenvalue weighted by Crippen LogP contribution is -2.13. The Labute approximate surface area is 49.9 Å². The first-order valence-electron chi connectivity index (χ1n) is 2.58. The van der Waals surface area contributed by atoms with Crippen molar-refractivity contribution in [1.29, 1.82) is 0 Å². The van der Waals surface area contributed by atoms with Crippen LogP contribution in [0.25, 0.3) is 0 Å². The van der Waals surface area contributed by atoms with Crippen LogP contribution in [-0.2, 0) is 4.84 Å². The molecular weight excluding hydrogens is 104 g/mol. The Hall–Kier alpha value is -0.570. The Morgan fingerprint density at radius 1 is 1.75 bits per heavy atom. The molecule has 0 atom stereocenters. The summed E-state index contributed by atoms with van der Waals surface area (Å²) >= 11 is 0. The van der Waals surface area contributed by atoms with Crippen LogP contribution in [-0.4, -0.2) is 32.1 Å².